The molecule has 1 N–H and O–H groups in total. The van der Waals surface area contributed by atoms with Crippen LogP contribution >= 0.6 is 0 Å². The molecule has 0 radical (unpaired) electrons. The Balaban J connectivity index is 1.99. The summed E-state index contributed by atoms with van der Waals surface area (Å²) in [7, 11) is 1.57. The molecule has 138 valence electrons. The number of nitrogens with one attached hydrogen (secondary N) is 1. The molecule has 2 rings (SSSR count). The molecule has 6 heteroatoms. The van der Waals surface area contributed by atoms with Gasteiger partial charge in [0, 0.05) is 19.1 Å². The van der Waals surface area contributed by atoms with Crippen LogP contribution in [0.4, 0.5) is 4.79 Å². The summed E-state index contributed by atoms with van der Waals surface area (Å²) in [4.78, 5) is 26.1. The SMILES string of the molecule is CCOC(=O)N1CCC(NC(=O)c2cc(C(C)C)ccc2OC)CC1. The van der Waals surface area contributed by atoms with Crippen molar-refractivity contribution in [3.8, 4) is 5.75 Å². The number of carbonyl (C=O) groups excluding carboxylic acids is 2. The lowest BCUT2D eigenvalue weighted by Gasteiger charge is -2.31. The van der Waals surface area contributed by atoms with Gasteiger partial charge >= 0.3 is 6.09 Å². The Morgan fingerprint density at radius 2 is 1.96 bits per heavy atom. The van der Waals surface area contributed by atoms with Crippen LogP contribution in [0.1, 0.15) is 55.5 Å². The number of benzene rings is 1. The Hall–Kier alpha value is -2.24. The molecule has 1 heterocycles. The maximum absolute atomic E-state index is 12.7. The number of methoxy groups -OCH3 is 1. The molecule has 2 amide bonds. The van der Waals surface area contributed by atoms with Crippen molar-refractivity contribution >= 4 is 12.0 Å². The smallest absolute Gasteiger partial charge is 0.409 e. The van der Waals surface area contributed by atoms with Crippen molar-refractivity contribution < 1.29 is 19.1 Å². The molecule has 1 aromatic carbocycles. The second-order valence-corrected chi connectivity index (χ2v) is 6.55. The second-order valence-electron chi connectivity index (χ2n) is 6.55. The van der Waals surface area contributed by atoms with Gasteiger partial charge in [0.1, 0.15) is 5.75 Å². The van der Waals surface area contributed by atoms with Crippen LogP contribution in [0, 0.1) is 0 Å². The minimum atomic E-state index is -0.279. The number of carbonyl (C=O) groups is 2. The van der Waals surface area contributed by atoms with Gasteiger partial charge in [-0.2, -0.15) is 0 Å². The van der Waals surface area contributed by atoms with Gasteiger partial charge in [0.05, 0.1) is 19.3 Å². The van der Waals surface area contributed by atoms with E-state index >= 15 is 0 Å². The lowest BCUT2D eigenvalue weighted by molar-refractivity contribution is 0.0858. The van der Waals surface area contributed by atoms with Gasteiger partial charge in [-0.15, -0.1) is 0 Å². The first-order chi connectivity index (χ1) is 12.0. The van der Waals surface area contributed by atoms with Crippen LogP contribution in [0.2, 0.25) is 0 Å². The number of piperidine rings is 1. The van der Waals surface area contributed by atoms with Crippen molar-refractivity contribution in [2.24, 2.45) is 0 Å². The molecule has 0 aliphatic carbocycles. The molecule has 0 saturated carbocycles. The van der Waals surface area contributed by atoms with Gasteiger partial charge in [0.15, 0.2) is 0 Å². The molecule has 0 unspecified atom stereocenters. The zero-order chi connectivity index (χ0) is 18.4. The zero-order valence-electron chi connectivity index (χ0n) is 15.5. The molecule has 1 aliphatic rings. The number of rotatable bonds is 5. The molecular formula is C19H28N2O4. The van der Waals surface area contributed by atoms with Crippen LogP contribution in [0.15, 0.2) is 18.2 Å². The topological polar surface area (TPSA) is 67.9 Å². The highest BCUT2D eigenvalue weighted by Gasteiger charge is 2.25. The molecule has 0 bridgehead atoms. The lowest BCUT2D eigenvalue weighted by Crippen LogP contribution is -2.46. The molecule has 1 aromatic rings. The van der Waals surface area contributed by atoms with Crippen molar-refractivity contribution in [1.82, 2.24) is 10.2 Å². The summed E-state index contributed by atoms with van der Waals surface area (Å²) < 4.78 is 10.4. The average Bonchev–Trinajstić information content (AvgIpc) is 2.61. The Morgan fingerprint density at radius 3 is 2.52 bits per heavy atom. The van der Waals surface area contributed by atoms with Gasteiger partial charge < -0.3 is 19.7 Å². The Kier molecular flexibility index (Phi) is 6.67. The van der Waals surface area contributed by atoms with E-state index in [0.717, 1.165) is 18.4 Å². The number of likely N-dealkylation sites (tertiary alicyclic amines) is 1. The number of nitrogens with zero attached hydrogens (tertiary/aromatic N) is 1. The predicted octanol–water partition coefficient (Wildman–Crippen LogP) is 3.17. The number of ether oxygens (including phenoxy) is 2. The van der Waals surface area contributed by atoms with Gasteiger partial charge in [-0.1, -0.05) is 19.9 Å². The zero-order valence-corrected chi connectivity index (χ0v) is 15.5. The van der Waals surface area contributed by atoms with E-state index in [9.17, 15) is 9.59 Å². The van der Waals surface area contributed by atoms with Crippen molar-refractivity contribution in [3.05, 3.63) is 29.3 Å². The molecular weight excluding hydrogens is 320 g/mol. The van der Waals surface area contributed by atoms with Gasteiger partial charge in [-0.25, -0.2) is 4.79 Å². The summed E-state index contributed by atoms with van der Waals surface area (Å²) in [6.07, 6.45) is 1.16. The first-order valence-electron chi connectivity index (χ1n) is 8.86. The van der Waals surface area contributed by atoms with E-state index in [1.807, 2.05) is 18.2 Å². The molecule has 1 fully saturated rings. The standard InChI is InChI=1S/C19H28N2O4/c1-5-25-19(23)21-10-8-15(9-11-21)20-18(22)16-12-14(13(2)3)6-7-17(16)24-4/h6-7,12-13,15H,5,8-11H2,1-4H3,(H,20,22). The largest absolute Gasteiger partial charge is 0.496 e. The normalized spacial score (nSPS) is 15.2. The summed E-state index contributed by atoms with van der Waals surface area (Å²) in [5.41, 5.74) is 1.66. The lowest BCUT2D eigenvalue weighted by atomic mass is 9.99. The van der Waals surface area contributed by atoms with Crippen LogP contribution in [0.25, 0.3) is 0 Å². The van der Waals surface area contributed by atoms with Gasteiger partial charge in [-0.05, 0) is 43.4 Å². The van der Waals surface area contributed by atoms with Crippen LogP contribution in [0.3, 0.4) is 0 Å². The number of hydrogen-bond donors (Lipinski definition) is 1. The van der Waals surface area contributed by atoms with Crippen LogP contribution in [-0.4, -0.2) is 49.7 Å². The van der Waals surface area contributed by atoms with Crippen LogP contribution in [0.5, 0.6) is 5.75 Å². The summed E-state index contributed by atoms with van der Waals surface area (Å²) in [6, 6.07) is 5.77. The van der Waals surface area contributed by atoms with E-state index in [0.29, 0.717) is 36.9 Å². The van der Waals surface area contributed by atoms with E-state index in [4.69, 9.17) is 9.47 Å². The highest BCUT2D eigenvalue weighted by atomic mass is 16.6. The van der Waals surface area contributed by atoms with Gasteiger partial charge in [0.2, 0.25) is 0 Å². The van der Waals surface area contributed by atoms with E-state index in [1.165, 1.54) is 0 Å². The van der Waals surface area contributed by atoms with E-state index in [-0.39, 0.29) is 18.0 Å². The summed E-state index contributed by atoms with van der Waals surface area (Å²) in [6.45, 7) is 7.54. The van der Waals surface area contributed by atoms with Gasteiger partial charge in [0.25, 0.3) is 5.91 Å². The first-order valence-corrected chi connectivity index (χ1v) is 8.86. The predicted molar refractivity (Wildman–Crippen MR) is 96.2 cm³/mol. The highest BCUT2D eigenvalue weighted by molar-refractivity contribution is 5.97. The van der Waals surface area contributed by atoms with E-state index < -0.39 is 0 Å². The molecule has 25 heavy (non-hydrogen) atoms. The highest BCUT2D eigenvalue weighted by Crippen LogP contribution is 2.24. The van der Waals surface area contributed by atoms with Crippen LogP contribution in [-0.2, 0) is 4.74 Å². The monoisotopic (exact) mass is 348 g/mol. The summed E-state index contributed by atoms with van der Waals surface area (Å²) in [5.74, 6) is 0.782. The fourth-order valence-corrected chi connectivity index (χ4v) is 2.95. The third-order valence-electron chi connectivity index (χ3n) is 4.49. The average molecular weight is 348 g/mol. The van der Waals surface area contributed by atoms with E-state index in [1.54, 1.807) is 18.9 Å². The van der Waals surface area contributed by atoms with Gasteiger partial charge in [-0.3, -0.25) is 4.79 Å². The third-order valence-corrected chi connectivity index (χ3v) is 4.49. The summed E-state index contributed by atoms with van der Waals surface area (Å²) >= 11 is 0. The first kappa shape index (κ1) is 19.1. The fraction of sp³-hybridized carbons (Fsp3) is 0.579. The quantitative estimate of drug-likeness (QED) is 0.887. The minimum Gasteiger partial charge on any atom is -0.496 e. The van der Waals surface area contributed by atoms with E-state index in [2.05, 4.69) is 19.2 Å². The number of hydrogen-bond acceptors (Lipinski definition) is 4. The van der Waals surface area contributed by atoms with Crippen LogP contribution < -0.4 is 10.1 Å². The fourth-order valence-electron chi connectivity index (χ4n) is 2.95. The molecule has 0 atom stereocenters. The Morgan fingerprint density at radius 1 is 1.28 bits per heavy atom. The Bertz CT molecular complexity index is 607. The maximum atomic E-state index is 12.7. The molecule has 1 aliphatic heterocycles. The third kappa shape index (κ3) is 4.87. The number of amides is 2. The molecule has 1 saturated heterocycles. The van der Waals surface area contributed by atoms with Crippen molar-refractivity contribution in [2.45, 2.75) is 45.6 Å². The molecule has 6 nitrogen and oxygen atoms in total. The molecule has 0 spiro atoms. The van der Waals surface area contributed by atoms with Crippen molar-refractivity contribution in [3.63, 3.8) is 0 Å². The maximum Gasteiger partial charge on any atom is 0.409 e. The Labute approximate surface area is 149 Å². The second kappa shape index (κ2) is 8.74. The van der Waals surface area contributed by atoms with Crippen molar-refractivity contribution in [1.29, 1.82) is 0 Å². The minimum absolute atomic E-state index is 0.0468. The van der Waals surface area contributed by atoms with Crippen molar-refractivity contribution in [2.75, 3.05) is 26.8 Å². The summed E-state index contributed by atoms with van der Waals surface area (Å²) in [5, 5.41) is 3.07. The molecule has 0 aromatic heterocycles.